The molecule has 1 saturated heterocycles. The third kappa shape index (κ3) is 3.90. The topological polar surface area (TPSA) is 96.5 Å². The lowest BCUT2D eigenvalue weighted by Crippen LogP contribution is -2.38. The highest BCUT2D eigenvalue weighted by Gasteiger charge is 2.30. The molecule has 1 amide bonds. The maximum atomic E-state index is 13.2. The third-order valence-corrected chi connectivity index (χ3v) is 6.33. The summed E-state index contributed by atoms with van der Waals surface area (Å²) in [6.07, 6.45) is 1.47. The summed E-state index contributed by atoms with van der Waals surface area (Å²) in [6, 6.07) is 7.12. The number of carbonyl (C=O) groups excluding carboxylic acids is 1. The summed E-state index contributed by atoms with van der Waals surface area (Å²) in [5.41, 5.74) is 1.83. The van der Waals surface area contributed by atoms with Crippen molar-refractivity contribution in [2.75, 3.05) is 13.1 Å². The summed E-state index contributed by atoms with van der Waals surface area (Å²) in [5, 5.41) is 16.1. The van der Waals surface area contributed by atoms with E-state index >= 15 is 0 Å². The van der Waals surface area contributed by atoms with Crippen LogP contribution in [0.2, 0.25) is 5.02 Å². The zero-order valence-electron chi connectivity index (χ0n) is 15.6. The molecule has 150 valence electrons. The number of hydrogen-bond acceptors (Lipinski definition) is 6. The Morgan fingerprint density at radius 2 is 1.93 bits per heavy atom. The summed E-state index contributed by atoms with van der Waals surface area (Å²) in [4.78, 5) is 30.2. The van der Waals surface area contributed by atoms with E-state index in [1.165, 1.54) is 11.3 Å². The number of aryl methyl sites for hydroxylation is 1. The molecule has 4 rings (SSSR count). The summed E-state index contributed by atoms with van der Waals surface area (Å²) in [7, 11) is 0. The van der Waals surface area contributed by atoms with Crippen molar-refractivity contribution in [3.8, 4) is 11.3 Å². The molecule has 9 heteroatoms. The van der Waals surface area contributed by atoms with Gasteiger partial charge in [0.2, 0.25) is 0 Å². The summed E-state index contributed by atoms with van der Waals surface area (Å²) < 4.78 is 5.31. The van der Waals surface area contributed by atoms with Gasteiger partial charge in [0.15, 0.2) is 5.69 Å². The van der Waals surface area contributed by atoms with Crippen molar-refractivity contribution < 1.29 is 19.2 Å². The standard InChI is InChI=1S/C20H18ClN3O4S/c1-11-16(17(23-28-11)12-2-4-14(21)5-3-12)19(25)24-8-6-13(7-9-24)18-22-15(10-29-18)20(26)27/h2-5,10,13H,6-9H2,1H3,(H,26,27). The Bertz CT molecular complexity index is 1050. The number of halogens is 1. The van der Waals surface area contributed by atoms with Crippen LogP contribution in [0.15, 0.2) is 34.2 Å². The molecular formula is C20H18ClN3O4S. The Kier molecular flexibility index (Phi) is 5.38. The van der Waals surface area contributed by atoms with Crippen LogP contribution in [-0.2, 0) is 0 Å². The number of hydrogen-bond donors (Lipinski definition) is 1. The smallest absolute Gasteiger partial charge is 0.355 e. The van der Waals surface area contributed by atoms with Gasteiger partial charge in [-0.05, 0) is 31.9 Å². The molecule has 29 heavy (non-hydrogen) atoms. The van der Waals surface area contributed by atoms with Gasteiger partial charge in [-0.25, -0.2) is 9.78 Å². The number of carbonyl (C=O) groups is 2. The van der Waals surface area contributed by atoms with Gasteiger partial charge >= 0.3 is 5.97 Å². The van der Waals surface area contributed by atoms with Gasteiger partial charge < -0.3 is 14.5 Å². The molecule has 2 aromatic heterocycles. The number of likely N-dealkylation sites (tertiary alicyclic amines) is 1. The first-order valence-electron chi connectivity index (χ1n) is 9.14. The van der Waals surface area contributed by atoms with E-state index in [-0.39, 0.29) is 17.5 Å². The van der Waals surface area contributed by atoms with Gasteiger partial charge in [0.25, 0.3) is 5.91 Å². The van der Waals surface area contributed by atoms with Gasteiger partial charge in [0.1, 0.15) is 17.0 Å². The molecule has 0 atom stereocenters. The molecule has 1 aliphatic rings. The van der Waals surface area contributed by atoms with E-state index in [9.17, 15) is 9.59 Å². The number of aromatic nitrogens is 2. The maximum Gasteiger partial charge on any atom is 0.355 e. The maximum absolute atomic E-state index is 13.2. The number of benzene rings is 1. The number of aromatic carboxylic acids is 1. The van der Waals surface area contributed by atoms with Gasteiger partial charge in [-0.15, -0.1) is 11.3 Å². The fourth-order valence-corrected chi connectivity index (χ4v) is 4.58. The molecule has 0 spiro atoms. The highest BCUT2D eigenvalue weighted by atomic mass is 35.5. The van der Waals surface area contributed by atoms with E-state index in [2.05, 4.69) is 10.1 Å². The molecule has 0 saturated carbocycles. The molecule has 0 unspecified atom stereocenters. The molecule has 3 heterocycles. The van der Waals surface area contributed by atoms with Crippen LogP contribution in [-0.4, -0.2) is 45.1 Å². The molecule has 1 fully saturated rings. The van der Waals surface area contributed by atoms with Gasteiger partial charge in [-0.3, -0.25) is 4.79 Å². The van der Waals surface area contributed by atoms with Crippen LogP contribution in [0.5, 0.6) is 0 Å². The van der Waals surface area contributed by atoms with E-state index in [4.69, 9.17) is 21.2 Å². The highest BCUT2D eigenvalue weighted by molar-refractivity contribution is 7.09. The van der Waals surface area contributed by atoms with E-state index < -0.39 is 5.97 Å². The zero-order chi connectivity index (χ0) is 20.5. The van der Waals surface area contributed by atoms with Crippen molar-refractivity contribution in [2.24, 2.45) is 0 Å². The lowest BCUT2D eigenvalue weighted by atomic mass is 9.96. The number of amides is 1. The van der Waals surface area contributed by atoms with Gasteiger partial charge in [-0.1, -0.05) is 28.9 Å². The molecule has 0 aliphatic carbocycles. The average Bonchev–Trinajstić information content (AvgIpc) is 3.36. The van der Waals surface area contributed by atoms with Crippen molar-refractivity contribution in [1.82, 2.24) is 15.0 Å². The van der Waals surface area contributed by atoms with E-state index in [0.29, 0.717) is 35.1 Å². The van der Waals surface area contributed by atoms with Crippen LogP contribution < -0.4 is 0 Å². The Morgan fingerprint density at radius 1 is 1.24 bits per heavy atom. The highest BCUT2D eigenvalue weighted by Crippen LogP contribution is 2.33. The van der Waals surface area contributed by atoms with Crippen LogP contribution in [0.4, 0.5) is 0 Å². The van der Waals surface area contributed by atoms with Crippen LogP contribution in [0.1, 0.15) is 50.4 Å². The van der Waals surface area contributed by atoms with Crippen LogP contribution >= 0.6 is 22.9 Å². The number of carboxylic acid groups (broad SMARTS) is 1. The zero-order valence-corrected chi connectivity index (χ0v) is 17.2. The monoisotopic (exact) mass is 431 g/mol. The normalized spacial score (nSPS) is 14.9. The molecule has 1 N–H and O–H groups in total. The lowest BCUT2D eigenvalue weighted by molar-refractivity contribution is 0.0690. The number of thiazole rings is 1. The summed E-state index contributed by atoms with van der Waals surface area (Å²) in [6.45, 7) is 2.86. The summed E-state index contributed by atoms with van der Waals surface area (Å²) in [5.74, 6) is -0.486. The first-order chi connectivity index (χ1) is 13.9. The quantitative estimate of drug-likeness (QED) is 0.654. The van der Waals surface area contributed by atoms with Gasteiger partial charge in [-0.2, -0.15) is 0 Å². The fraction of sp³-hybridized carbons (Fsp3) is 0.300. The van der Waals surface area contributed by atoms with Crippen molar-refractivity contribution in [1.29, 1.82) is 0 Å². The lowest BCUT2D eigenvalue weighted by Gasteiger charge is -2.31. The molecule has 3 aromatic rings. The molecular weight excluding hydrogens is 414 g/mol. The fourth-order valence-electron chi connectivity index (χ4n) is 3.49. The largest absolute Gasteiger partial charge is 0.476 e. The third-order valence-electron chi connectivity index (χ3n) is 5.07. The predicted octanol–water partition coefficient (Wildman–Crippen LogP) is 4.48. The average molecular weight is 432 g/mol. The van der Waals surface area contributed by atoms with Crippen molar-refractivity contribution in [3.63, 3.8) is 0 Å². The SMILES string of the molecule is Cc1onc(-c2ccc(Cl)cc2)c1C(=O)N1CCC(c2nc(C(=O)O)cs2)CC1. The minimum atomic E-state index is -1.02. The summed E-state index contributed by atoms with van der Waals surface area (Å²) >= 11 is 7.32. The first kappa shape index (κ1) is 19.6. The second-order valence-electron chi connectivity index (χ2n) is 6.91. The van der Waals surface area contributed by atoms with E-state index in [1.54, 1.807) is 29.3 Å². The van der Waals surface area contributed by atoms with Crippen LogP contribution in [0.3, 0.4) is 0 Å². The predicted molar refractivity (Wildman–Crippen MR) is 109 cm³/mol. The van der Waals surface area contributed by atoms with Gasteiger partial charge in [0, 0.05) is 35.0 Å². The van der Waals surface area contributed by atoms with Crippen molar-refractivity contribution in [2.45, 2.75) is 25.7 Å². The minimum absolute atomic E-state index is 0.0798. The van der Waals surface area contributed by atoms with Crippen LogP contribution in [0, 0.1) is 6.92 Å². The number of rotatable bonds is 4. The first-order valence-corrected chi connectivity index (χ1v) is 10.4. The van der Waals surface area contributed by atoms with Crippen molar-refractivity contribution in [3.05, 3.63) is 56.7 Å². The molecule has 7 nitrogen and oxygen atoms in total. The second-order valence-corrected chi connectivity index (χ2v) is 8.24. The second kappa shape index (κ2) is 7.96. The van der Waals surface area contributed by atoms with E-state index in [0.717, 1.165) is 23.4 Å². The molecule has 0 radical (unpaired) electrons. The minimum Gasteiger partial charge on any atom is -0.476 e. The molecule has 1 aliphatic heterocycles. The molecule has 0 bridgehead atoms. The van der Waals surface area contributed by atoms with Gasteiger partial charge in [0.05, 0.1) is 5.01 Å². The Morgan fingerprint density at radius 3 is 2.55 bits per heavy atom. The number of nitrogens with zero attached hydrogens (tertiary/aromatic N) is 3. The Labute approximate surface area is 175 Å². The number of carboxylic acids is 1. The van der Waals surface area contributed by atoms with Crippen LogP contribution in [0.25, 0.3) is 11.3 Å². The Balaban J connectivity index is 1.49. The van der Waals surface area contributed by atoms with Crippen molar-refractivity contribution >= 4 is 34.8 Å². The van der Waals surface area contributed by atoms with E-state index in [1.807, 2.05) is 12.1 Å². The molecule has 1 aromatic carbocycles. The Hall–Kier alpha value is -2.71. The number of piperidine rings is 1.